The van der Waals surface area contributed by atoms with Crippen LogP contribution in [-0.4, -0.2) is 9.13 Å². The largest absolute Gasteiger partial charge is 0.307 e. The molecule has 0 spiro atoms. The second-order valence-corrected chi connectivity index (χ2v) is 19.6. The molecule has 0 saturated heterocycles. The van der Waals surface area contributed by atoms with Crippen molar-refractivity contribution in [2.24, 2.45) is 0 Å². The molecule has 0 aliphatic rings. The predicted octanol–water partition coefficient (Wildman–Crippen LogP) is 17.4. The Balaban J connectivity index is 1.17. The molecule has 10 aromatic carbocycles. The van der Waals surface area contributed by atoms with Crippen LogP contribution >= 0.6 is 22.7 Å². The number of hydrogen-bond acceptors (Lipinski definition) is 4. The Bertz CT molecular complexity index is 4230. The lowest BCUT2D eigenvalue weighted by Gasteiger charge is -2.22. The highest BCUT2D eigenvalue weighted by Gasteiger charge is 2.29. The molecule has 314 valence electrons. The summed E-state index contributed by atoms with van der Waals surface area (Å²) in [6.07, 6.45) is 0. The molecular weight excluding hydrogens is 865 g/mol. The van der Waals surface area contributed by atoms with Crippen molar-refractivity contribution >= 4 is 107 Å². The molecule has 6 heteroatoms. The summed E-state index contributed by atoms with van der Waals surface area (Å²) in [6, 6.07) is 78.4. The number of benzene rings is 10. The van der Waals surface area contributed by atoms with Crippen LogP contribution in [0, 0.1) is 22.7 Å². The van der Waals surface area contributed by atoms with Gasteiger partial charge >= 0.3 is 0 Å². The van der Waals surface area contributed by atoms with Crippen LogP contribution in [0.15, 0.2) is 206 Å². The van der Waals surface area contributed by atoms with Gasteiger partial charge in [0.15, 0.2) is 0 Å². The summed E-state index contributed by atoms with van der Waals surface area (Å²) in [6.45, 7) is 0. The third kappa shape index (κ3) is 5.63. The fourth-order valence-corrected chi connectivity index (χ4v) is 13.0. The van der Waals surface area contributed by atoms with Crippen LogP contribution in [0.25, 0.3) is 129 Å². The van der Waals surface area contributed by atoms with Crippen molar-refractivity contribution in [1.29, 1.82) is 10.5 Å². The van der Waals surface area contributed by atoms with Gasteiger partial charge in [0.05, 0.1) is 44.6 Å². The fourth-order valence-electron chi connectivity index (χ4n) is 10.8. The van der Waals surface area contributed by atoms with E-state index in [-0.39, 0.29) is 0 Å². The number of nitrogens with zero attached hydrogens (tertiary/aromatic N) is 4. The standard InChI is InChI=1S/C62H34N4S2/c63-35-42-28-43(36-64)62(66-53-27-25-41(38-16-6-2-7-17-38)30-47(53)49-32-51-45-21-11-13-23-57(45)68-59(51)34-55(49)66)60(39-18-8-3-9-19-39)61(42)65-52-26-24-40(37-14-4-1-5-15-37)29-46(52)48-31-50-44-20-10-12-22-56(44)67-58(50)33-54(48)65/h1-34H. The van der Waals surface area contributed by atoms with Gasteiger partial charge in [-0.2, -0.15) is 10.5 Å². The highest BCUT2D eigenvalue weighted by molar-refractivity contribution is 7.26. The molecule has 4 nitrogen and oxygen atoms in total. The molecular formula is C62H34N4S2. The number of hydrogen-bond donors (Lipinski definition) is 0. The number of thiophene rings is 2. The van der Waals surface area contributed by atoms with Crippen LogP contribution in [0.4, 0.5) is 0 Å². The average molecular weight is 899 g/mol. The van der Waals surface area contributed by atoms with Gasteiger partial charge in [-0.15, -0.1) is 22.7 Å². The van der Waals surface area contributed by atoms with E-state index in [1.165, 1.54) is 40.3 Å². The van der Waals surface area contributed by atoms with Crippen molar-refractivity contribution in [3.05, 3.63) is 217 Å². The lowest BCUT2D eigenvalue weighted by molar-refractivity contribution is 1.12. The van der Waals surface area contributed by atoms with E-state index in [1.807, 2.05) is 36.4 Å². The second kappa shape index (κ2) is 14.9. The lowest BCUT2D eigenvalue weighted by atomic mass is 9.93. The fraction of sp³-hybridized carbons (Fsp3) is 0. The first kappa shape index (κ1) is 38.5. The first-order chi connectivity index (χ1) is 33.6. The van der Waals surface area contributed by atoms with E-state index < -0.39 is 0 Å². The lowest BCUT2D eigenvalue weighted by Crippen LogP contribution is -2.08. The molecule has 14 aromatic rings. The molecule has 0 radical (unpaired) electrons. The van der Waals surface area contributed by atoms with E-state index in [0.29, 0.717) is 11.1 Å². The quantitative estimate of drug-likeness (QED) is 0.173. The molecule has 0 aliphatic carbocycles. The van der Waals surface area contributed by atoms with Crippen molar-refractivity contribution in [2.75, 3.05) is 0 Å². The normalized spacial score (nSPS) is 11.8. The maximum Gasteiger partial charge on any atom is 0.101 e. The molecule has 0 fully saturated rings. The average Bonchev–Trinajstić information content (AvgIpc) is 4.14. The molecule has 4 heterocycles. The molecule has 4 aromatic heterocycles. The Labute approximate surface area is 398 Å². The Morgan fingerprint density at radius 3 is 1.13 bits per heavy atom. The van der Waals surface area contributed by atoms with E-state index in [0.717, 1.165) is 88.4 Å². The summed E-state index contributed by atoms with van der Waals surface area (Å²) in [5.74, 6) is 0. The predicted molar refractivity (Wildman–Crippen MR) is 287 cm³/mol. The van der Waals surface area contributed by atoms with Gasteiger partial charge in [0.25, 0.3) is 0 Å². The topological polar surface area (TPSA) is 57.4 Å². The molecule has 0 atom stereocenters. The van der Waals surface area contributed by atoms with E-state index >= 15 is 0 Å². The summed E-state index contributed by atoms with van der Waals surface area (Å²) in [4.78, 5) is 0. The van der Waals surface area contributed by atoms with Crippen LogP contribution in [0.3, 0.4) is 0 Å². The third-order valence-corrected chi connectivity index (χ3v) is 16.0. The van der Waals surface area contributed by atoms with Crippen LogP contribution in [0.2, 0.25) is 0 Å². The maximum absolute atomic E-state index is 11.4. The summed E-state index contributed by atoms with van der Waals surface area (Å²) in [5.41, 5.74) is 12.5. The zero-order valence-corrected chi connectivity index (χ0v) is 37.9. The van der Waals surface area contributed by atoms with Crippen molar-refractivity contribution in [2.45, 2.75) is 0 Å². The Morgan fingerprint density at radius 2 is 0.691 bits per heavy atom. The van der Waals surface area contributed by atoms with Gasteiger partial charge in [-0.3, -0.25) is 0 Å². The Hall–Kier alpha value is -8.78. The van der Waals surface area contributed by atoms with Gasteiger partial charge in [0.2, 0.25) is 0 Å². The molecule has 0 N–H and O–H groups in total. The van der Waals surface area contributed by atoms with Gasteiger partial charge in [-0.25, -0.2) is 0 Å². The highest BCUT2D eigenvalue weighted by atomic mass is 32.1. The monoisotopic (exact) mass is 898 g/mol. The minimum absolute atomic E-state index is 0.422. The molecule has 68 heavy (non-hydrogen) atoms. The number of nitriles is 2. The molecule has 0 bridgehead atoms. The van der Waals surface area contributed by atoms with Crippen molar-refractivity contribution in [3.63, 3.8) is 0 Å². The van der Waals surface area contributed by atoms with Gasteiger partial charge in [0, 0.05) is 67.5 Å². The minimum atomic E-state index is 0.422. The summed E-state index contributed by atoms with van der Waals surface area (Å²) in [7, 11) is 0. The van der Waals surface area contributed by atoms with Gasteiger partial charge in [-0.1, -0.05) is 140 Å². The first-order valence-electron chi connectivity index (χ1n) is 22.6. The van der Waals surface area contributed by atoms with Crippen LogP contribution in [-0.2, 0) is 0 Å². The first-order valence-corrected chi connectivity index (χ1v) is 24.2. The number of rotatable bonds is 5. The molecule has 0 unspecified atom stereocenters. The SMILES string of the molecule is N#Cc1cc(C#N)c(-n2c3ccc(-c4ccccc4)cc3c3cc4c(cc32)sc2ccccc24)c(-c2ccccc2)c1-n1c2ccc(-c3ccccc3)cc2c2cc3c(cc21)sc1ccccc13. The molecule has 0 amide bonds. The smallest absolute Gasteiger partial charge is 0.101 e. The Morgan fingerprint density at radius 1 is 0.294 bits per heavy atom. The van der Waals surface area contributed by atoms with Crippen molar-refractivity contribution in [1.82, 2.24) is 9.13 Å². The van der Waals surface area contributed by atoms with Crippen LogP contribution in [0.1, 0.15) is 11.1 Å². The second-order valence-electron chi connectivity index (χ2n) is 17.4. The van der Waals surface area contributed by atoms with Crippen molar-refractivity contribution < 1.29 is 0 Å². The zero-order valence-electron chi connectivity index (χ0n) is 36.2. The van der Waals surface area contributed by atoms with Crippen LogP contribution in [0.5, 0.6) is 0 Å². The molecule has 0 saturated carbocycles. The van der Waals surface area contributed by atoms with E-state index in [9.17, 15) is 10.5 Å². The Kier molecular flexibility index (Phi) is 8.42. The zero-order chi connectivity index (χ0) is 45.0. The number of aromatic nitrogens is 2. The third-order valence-electron chi connectivity index (χ3n) is 13.8. The van der Waals surface area contributed by atoms with Gasteiger partial charge < -0.3 is 9.13 Å². The molecule has 0 aliphatic heterocycles. The van der Waals surface area contributed by atoms with E-state index in [1.54, 1.807) is 22.7 Å². The van der Waals surface area contributed by atoms with E-state index in [2.05, 4.69) is 191 Å². The van der Waals surface area contributed by atoms with Crippen LogP contribution < -0.4 is 0 Å². The maximum atomic E-state index is 11.4. The van der Waals surface area contributed by atoms with Gasteiger partial charge in [-0.05, 0) is 94.5 Å². The number of fused-ring (bicyclic) bond motifs is 12. The minimum Gasteiger partial charge on any atom is -0.307 e. The van der Waals surface area contributed by atoms with E-state index in [4.69, 9.17) is 0 Å². The van der Waals surface area contributed by atoms with Gasteiger partial charge in [0.1, 0.15) is 12.1 Å². The summed E-state index contributed by atoms with van der Waals surface area (Å²) >= 11 is 3.58. The summed E-state index contributed by atoms with van der Waals surface area (Å²) in [5, 5.41) is 32.1. The molecule has 14 rings (SSSR count). The highest BCUT2D eigenvalue weighted by Crippen LogP contribution is 2.48. The van der Waals surface area contributed by atoms with Crippen molar-refractivity contribution in [3.8, 4) is 56.9 Å². The summed E-state index contributed by atoms with van der Waals surface area (Å²) < 4.78 is 9.41.